The molecule has 23 heavy (non-hydrogen) atoms. The minimum atomic E-state index is -0.487. The molecule has 1 amide bonds. The molecule has 1 heterocycles. The molecule has 0 unspecified atom stereocenters. The van der Waals surface area contributed by atoms with Gasteiger partial charge in [-0.05, 0) is 23.1 Å². The van der Waals surface area contributed by atoms with Crippen molar-refractivity contribution in [2.24, 2.45) is 11.7 Å². The minimum absolute atomic E-state index is 0.0217. The van der Waals surface area contributed by atoms with Crippen molar-refractivity contribution in [1.82, 2.24) is 9.88 Å². The Bertz CT molecular complexity index is 705. The van der Waals surface area contributed by atoms with Crippen LogP contribution in [0.3, 0.4) is 0 Å². The number of amides is 1. The maximum Gasteiger partial charge on any atom is 0.250 e. The summed E-state index contributed by atoms with van der Waals surface area (Å²) in [7, 11) is 0. The third kappa shape index (κ3) is 4.79. The van der Waals surface area contributed by atoms with Crippen LogP contribution >= 0.6 is 0 Å². The number of carbonyl (C=O) groups excluding carboxylic acids is 1. The Morgan fingerprint density at radius 3 is 2.39 bits per heavy atom. The van der Waals surface area contributed by atoms with Gasteiger partial charge in [-0.25, -0.2) is 0 Å². The summed E-state index contributed by atoms with van der Waals surface area (Å²) in [4.78, 5) is 23.5. The van der Waals surface area contributed by atoms with Crippen molar-refractivity contribution in [1.29, 1.82) is 0 Å². The van der Waals surface area contributed by atoms with E-state index in [2.05, 4.69) is 5.32 Å². The molecule has 0 aliphatic heterocycles. The topological polar surface area (TPSA) is 77.1 Å². The molecule has 0 saturated carbocycles. The highest BCUT2D eigenvalue weighted by molar-refractivity contribution is 5.81. The first-order valence-electron chi connectivity index (χ1n) is 7.74. The van der Waals surface area contributed by atoms with Crippen molar-refractivity contribution >= 4 is 5.91 Å². The second-order valence-electron chi connectivity index (χ2n) is 5.97. The Morgan fingerprint density at radius 2 is 1.78 bits per heavy atom. The first kappa shape index (κ1) is 17.0. The molecule has 2 aromatic rings. The van der Waals surface area contributed by atoms with Crippen LogP contribution in [0.4, 0.5) is 0 Å². The smallest absolute Gasteiger partial charge is 0.250 e. The van der Waals surface area contributed by atoms with Crippen LogP contribution in [0.25, 0.3) is 0 Å². The van der Waals surface area contributed by atoms with Crippen LogP contribution in [-0.2, 0) is 17.9 Å². The molecule has 122 valence electrons. The van der Waals surface area contributed by atoms with Crippen molar-refractivity contribution in [2.75, 3.05) is 0 Å². The van der Waals surface area contributed by atoms with E-state index in [1.165, 1.54) is 0 Å². The van der Waals surface area contributed by atoms with Crippen LogP contribution in [0, 0.1) is 5.92 Å². The minimum Gasteiger partial charge on any atom is -0.351 e. The molecule has 3 N–H and O–H groups in total. The molecule has 0 saturated heterocycles. The number of nitrogens with two attached hydrogens (primary N) is 1. The molecule has 0 fully saturated rings. The van der Waals surface area contributed by atoms with E-state index in [4.69, 9.17) is 5.73 Å². The maximum atomic E-state index is 11.8. The van der Waals surface area contributed by atoms with E-state index in [1.54, 1.807) is 22.9 Å². The molecule has 5 heteroatoms. The zero-order valence-electron chi connectivity index (χ0n) is 13.5. The fraction of sp³-hybridized carbons (Fsp3) is 0.333. The summed E-state index contributed by atoms with van der Waals surface area (Å²) in [6.45, 7) is 4.82. The molecular formula is C18H23N3O2. The molecule has 0 spiro atoms. The molecule has 0 bridgehead atoms. The van der Waals surface area contributed by atoms with Crippen LogP contribution in [-0.4, -0.2) is 16.5 Å². The lowest BCUT2D eigenvalue weighted by molar-refractivity contribution is -0.123. The summed E-state index contributed by atoms with van der Waals surface area (Å²) in [5.41, 5.74) is 7.82. The number of aromatic nitrogens is 1. The maximum absolute atomic E-state index is 11.8. The number of pyridine rings is 1. The molecule has 5 nitrogen and oxygen atoms in total. The van der Waals surface area contributed by atoms with E-state index < -0.39 is 6.04 Å². The summed E-state index contributed by atoms with van der Waals surface area (Å²) in [6.07, 6.45) is 1.77. The highest BCUT2D eigenvalue weighted by atomic mass is 16.2. The Hall–Kier alpha value is -2.40. The average Bonchev–Trinajstić information content (AvgIpc) is 2.55. The highest BCUT2D eigenvalue weighted by Crippen LogP contribution is 2.06. The van der Waals surface area contributed by atoms with Crippen molar-refractivity contribution < 1.29 is 4.79 Å². The van der Waals surface area contributed by atoms with Crippen LogP contribution in [0.5, 0.6) is 0 Å². The van der Waals surface area contributed by atoms with Gasteiger partial charge in [0.1, 0.15) is 0 Å². The van der Waals surface area contributed by atoms with Gasteiger partial charge in [0.25, 0.3) is 5.56 Å². The average molecular weight is 313 g/mol. The lowest BCUT2D eigenvalue weighted by Gasteiger charge is -2.15. The van der Waals surface area contributed by atoms with E-state index >= 15 is 0 Å². The monoisotopic (exact) mass is 313 g/mol. The molecule has 0 aliphatic carbocycles. The Balaban J connectivity index is 1.94. The fourth-order valence-corrected chi connectivity index (χ4v) is 2.16. The SMILES string of the molecule is CC(C)[C@H](N)C(=O)NCc1ccc(Cn2ccccc2=O)cc1. The van der Waals surface area contributed by atoms with Crippen molar-refractivity contribution in [3.05, 3.63) is 70.1 Å². The third-order valence-corrected chi connectivity index (χ3v) is 3.76. The quantitative estimate of drug-likeness (QED) is 0.848. The van der Waals surface area contributed by atoms with Crippen molar-refractivity contribution in [3.8, 4) is 0 Å². The van der Waals surface area contributed by atoms with Crippen molar-refractivity contribution in [3.63, 3.8) is 0 Å². The molecule has 2 rings (SSSR count). The zero-order valence-corrected chi connectivity index (χ0v) is 13.5. The van der Waals surface area contributed by atoms with Gasteiger partial charge in [0.2, 0.25) is 5.91 Å². The normalized spacial score (nSPS) is 12.2. The molecule has 1 aromatic heterocycles. The lowest BCUT2D eigenvalue weighted by atomic mass is 10.0. The predicted molar refractivity (Wildman–Crippen MR) is 90.9 cm³/mol. The third-order valence-electron chi connectivity index (χ3n) is 3.76. The fourth-order valence-electron chi connectivity index (χ4n) is 2.16. The van der Waals surface area contributed by atoms with Gasteiger partial charge in [0.05, 0.1) is 12.6 Å². The number of nitrogens with zero attached hydrogens (tertiary/aromatic N) is 1. The van der Waals surface area contributed by atoms with E-state index in [0.29, 0.717) is 13.1 Å². The Labute approximate surface area is 136 Å². The second kappa shape index (κ2) is 7.74. The van der Waals surface area contributed by atoms with Gasteiger partial charge in [-0.15, -0.1) is 0 Å². The van der Waals surface area contributed by atoms with Crippen LogP contribution in [0.15, 0.2) is 53.5 Å². The van der Waals surface area contributed by atoms with E-state index in [0.717, 1.165) is 11.1 Å². The molecular weight excluding hydrogens is 290 g/mol. The van der Waals surface area contributed by atoms with Crippen LogP contribution in [0.1, 0.15) is 25.0 Å². The van der Waals surface area contributed by atoms with E-state index in [-0.39, 0.29) is 17.4 Å². The van der Waals surface area contributed by atoms with Gasteiger partial charge in [0, 0.05) is 18.8 Å². The van der Waals surface area contributed by atoms with Gasteiger partial charge in [0.15, 0.2) is 0 Å². The molecule has 1 atom stereocenters. The van der Waals surface area contributed by atoms with E-state index in [1.807, 2.05) is 44.2 Å². The summed E-state index contributed by atoms with van der Waals surface area (Å²) < 4.78 is 1.65. The van der Waals surface area contributed by atoms with Gasteiger partial charge in [-0.3, -0.25) is 9.59 Å². The van der Waals surface area contributed by atoms with Gasteiger partial charge >= 0.3 is 0 Å². The lowest BCUT2D eigenvalue weighted by Crippen LogP contribution is -2.43. The standard InChI is InChI=1S/C18H23N3O2/c1-13(2)17(19)18(23)20-11-14-6-8-15(9-7-14)12-21-10-4-3-5-16(21)22/h3-10,13,17H,11-12,19H2,1-2H3,(H,20,23)/t17-/m0/s1. The Kier molecular flexibility index (Phi) is 5.71. The highest BCUT2D eigenvalue weighted by Gasteiger charge is 2.16. The number of benzene rings is 1. The zero-order chi connectivity index (χ0) is 16.8. The summed E-state index contributed by atoms with van der Waals surface area (Å²) >= 11 is 0. The van der Waals surface area contributed by atoms with Gasteiger partial charge < -0.3 is 15.6 Å². The number of hydrogen-bond acceptors (Lipinski definition) is 3. The van der Waals surface area contributed by atoms with Crippen molar-refractivity contribution in [2.45, 2.75) is 33.0 Å². The van der Waals surface area contributed by atoms with Crippen LogP contribution in [0.2, 0.25) is 0 Å². The Morgan fingerprint density at radius 1 is 1.13 bits per heavy atom. The van der Waals surface area contributed by atoms with Crippen LogP contribution < -0.4 is 16.6 Å². The number of hydrogen-bond donors (Lipinski definition) is 2. The number of nitrogens with one attached hydrogen (secondary N) is 1. The summed E-state index contributed by atoms with van der Waals surface area (Å²) in [6, 6.07) is 12.4. The molecule has 1 aromatic carbocycles. The molecule has 0 radical (unpaired) electrons. The van der Waals surface area contributed by atoms with Gasteiger partial charge in [-0.1, -0.05) is 44.2 Å². The first-order valence-corrected chi connectivity index (χ1v) is 7.74. The summed E-state index contributed by atoms with van der Waals surface area (Å²) in [5.74, 6) is -0.0264. The van der Waals surface area contributed by atoms with Gasteiger partial charge in [-0.2, -0.15) is 0 Å². The summed E-state index contributed by atoms with van der Waals surface area (Å²) in [5, 5.41) is 2.84. The first-order chi connectivity index (χ1) is 11.0. The number of carbonyl (C=O) groups is 1. The molecule has 0 aliphatic rings. The predicted octanol–water partition coefficient (Wildman–Crippen LogP) is 1.50. The van der Waals surface area contributed by atoms with E-state index in [9.17, 15) is 9.59 Å². The largest absolute Gasteiger partial charge is 0.351 e. The number of rotatable bonds is 6. The second-order valence-corrected chi connectivity index (χ2v) is 5.97.